The lowest BCUT2D eigenvalue weighted by molar-refractivity contribution is -0.138. The van der Waals surface area contributed by atoms with E-state index in [1.165, 1.54) is 4.90 Å². The lowest BCUT2D eigenvalue weighted by atomic mass is 9.76. The summed E-state index contributed by atoms with van der Waals surface area (Å²) in [7, 11) is 0. The number of nitrogens with one attached hydrogen (secondary N) is 4. The Hall–Kier alpha value is -4.22. The van der Waals surface area contributed by atoms with E-state index in [4.69, 9.17) is 5.73 Å². The lowest BCUT2D eigenvalue weighted by Crippen LogP contribution is -2.54. The minimum absolute atomic E-state index is 0.115. The van der Waals surface area contributed by atoms with Gasteiger partial charge in [-0.15, -0.1) is 0 Å². The van der Waals surface area contributed by atoms with Gasteiger partial charge >= 0.3 is 6.03 Å². The fourth-order valence-electron chi connectivity index (χ4n) is 6.28. The summed E-state index contributed by atoms with van der Waals surface area (Å²) in [6.45, 7) is 22.2. The highest BCUT2D eigenvalue weighted by Gasteiger charge is 2.46. The zero-order valence-electron chi connectivity index (χ0n) is 33.4. The Morgan fingerprint density at radius 3 is 1.79 bits per heavy atom. The van der Waals surface area contributed by atoms with Crippen LogP contribution in [-0.4, -0.2) is 65.6 Å². The van der Waals surface area contributed by atoms with Crippen LogP contribution in [0.1, 0.15) is 120 Å². The Morgan fingerprint density at radius 1 is 0.750 bits per heavy atom. The van der Waals surface area contributed by atoms with Crippen molar-refractivity contribution in [3.8, 4) is 0 Å². The van der Waals surface area contributed by atoms with Gasteiger partial charge in [0, 0.05) is 36.3 Å². The number of nitrogens with two attached hydrogens (primary N) is 1. The minimum Gasteiger partial charge on any atom is -0.352 e. The van der Waals surface area contributed by atoms with Crippen LogP contribution in [0.3, 0.4) is 0 Å². The number of hydrogen-bond donors (Lipinski definition) is 5. The number of carbonyl (C=O) groups is 6. The number of urea groups is 1. The van der Waals surface area contributed by atoms with E-state index < -0.39 is 40.8 Å². The molecule has 52 heavy (non-hydrogen) atoms. The molecule has 0 aromatic heterocycles. The lowest BCUT2D eigenvalue weighted by Gasteiger charge is -2.25. The van der Waals surface area contributed by atoms with Gasteiger partial charge in [0.1, 0.15) is 12.1 Å². The average Bonchev–Trinajstić information content (AvgIpc) is 3.27. The van der Waals surface area contributed by atoms with Crippen molar-refractivity contribution in [1.29, 1.82) is 0 Å². The topological polar surface area (TPSA) is 180 Å². The quantitative estimate of drug-likeness (QED) is 0.103. The molecule has 7 amide bonds. The van der Waals surface area contributed by atoms with E-state index in [0.29, 0.717) is 42.5 Å². The van der Waals surface area contributed by atoms with Crippen molar-refractivity contribution in [3.05, 3.63) is 41.0 Å². The van der Waals surface area contributed by atoms with Crippen LogP contribution in [-0.2, 0) is 30.4 Å². The Bertz CT molecular complexity index is 1440. The van der Waals surface area contributed by atoms with Crippen molar-refractivity contribution in [1.82, 2.24) is 20.9 Å². The van der Waals surface area contributed by atoms with Crippen LogP contribution in [0.15, 0.2) is 35.4 Å². The van der Waals surface area contributed by atoms with Gasteiger partial charge in [0.05, 0.1) is 0 Å². The second kappa shape index (κ2) is 18.5. The van der Waals surface area contributed by atoms with Crippen LogP contribution in [0.2, 0.25) is 0 Å². The van der Waals surface area contributed by atoms with Crippen molar-refractivity contribution >= 4 is 41.3 Å². The molecule has 1 aromatic rings. The summed E-state index contributed by atoms with van der Waals surface area (Å²) in [5, 5.41) is 11.0. The zero-order valence-corrected chi connectivity index (χ0v) is 33.4. The standard InChI is InChI=1S/C40H64N6O6/c1-25(2)32(45-29(47)17-13-12-14-23-46-35(50)30(39(6,7)8)31(36(46)51)40(9,10)11)34(49)44-28(16-15-22-42-37(41)52)33(48)43-27-20-18-26(19-21-27)24-38(3,4)5/h18-21,25,28,32H,12-17,22-24H2,1-11H3,(H,43,48)(H,44,49)(H,45,47)(H3,41,42,52)/t28-,32?/m1/s1. The van der Waals surface area contributed by atoms with Crippen LogP contribution in [0.25, 0.3) is 0 Å². The Kier molecular flexibility index (Phi) is 15.6. The highest BCUT2D eigenvalue weighted by Crippen LogP contribution is 2.42. The van der Waals surface area contributed by atoms with Crippen LogP contribution in [0.4, 0.5) is 10.5 Å². The molecule has 12 heteroatoms. The van der Waals surface area contributed by atoms with Crippen LogP contribution >= 0.6 is 0 Å². The summed E-state index contributed by atoms with van der Waals surface area (Å²) in [5.41, 5.74) is 7.22. The van der Waals surface area contributed by atoms with Crippen LogP contribution in [0.5, 0.6) is 0 Å². The maximum atomic E-state index is 13.5. The third-order valence-electron chi connectivity index (χ3n) is 8.78. The number of carbonyl (C=O) groups excluding carboxylic acids is 6. The number of hydrogen-bond acceptors (Lipinski definition) is 6. The SMILES string of the molecule is CC(C)C(NC(=O)CCCCCN1C(=O)C(C(C)(C)C)=C(C(C)(C)C)C1=O)C(=O)N[C@H](CCCNC(N)=O)C(=O)Nc1ccc(CC(C)(C)C)cc1. The van der Waals surface area contributed by atoms with E-state index >= 15 is 0 Å². The molecule has 1 aromatic carbocycles. The predicted octanol–water partition coefficient (Wildman–Crippen LogP) is 5.61. The summed E-state index contributed by atoms with van der Waals surface area (Å²) < 4.78 is 0. The molecule has 0 fully saturated rings. The predicted molar refractivity (Wildman–Crippen MR) is 205 cm³/mol. The highest BCUT2D eigenvalue weighted by atomic mass is 16.2. The maximum absolute atomic E-state index is 13.5. The summed E-state index contributed by atoms with van der Waals surface area (Å²) >= 11 is 0. The van der Waals surface area contributed by atoms with E-state index in [1.54, 1.807) is 0 Å². The second-order valence-corrected chi connectivity index (χ2v) is 17.5. The van der Waals surface area contributed by atoms with Gasteiger partial charge in [0.2, 0.25) is 17.7 Å². The Labute approximate surface area is 310 Å². The average molecular weight is 725 g/mol. The third-order valence-corrected chi connectivity index (χ3v) is 8.78. The van der Waals surface area contributed by atoms with E-state index in [2.05, 4.69) is 42.0 Å². The molecular formula is C40H64N6O6. The van der Waals surface area contributed by atoms with Crippen molar-refractivity contribution in [2.45, 2.75) is 133 Å². The molecule has 0 bridgehead atoms. The van der Waals surface area contributed by atoms with Gasteiger partial charge in [-0.05, 0) is 72.0 Å². The first-order valence-electron chi connectivity index (χ1n) is 18.6. The molecule has 0 saturated carbocycles. The molecule has 0 saturated heterocycles. The molecule has 12 nitrogen and oxygen atoms in total. The van der Waals surface area contributed by atoms with Crippen molar-refractivity contribution in [2.75, 3.05) is 18.4 Å². The Balaban J connectivity index is 1.99. The number of imide groups is 1. The zero-order chi connectivity index (χ0) is 39.6. The van der Waals surface area contributed by atoms with E-state index in [0.717, 1.165) is 12.0 Å². The molecule has 2 atom stereocenters. The third kappa shape index (κ3) is 13.7. The van der Waals surface area contributed by atoms with E-state index in [1.807, 2.05) is 79.7 Å². The van der Waals surface area contributed by atoms with Crippen LogP contribution < -0.4 is 27.0 Å². The molecule has 1 aliphatic heterocycles. The summed E-state index contributed by atoms with van der Waals surface area (Å²) in [5.74, 6) is -1.97. The first kappa shape index (κ1) is 43.9. The number of amides is 7. The van der Waals surface area contributed by atoms with Gasteiger partial charge in [-0.3, -0.25) is 28.9 Å². The number of unbranched alkanes of at least 4 members (excludes halogenated alkanes) is 2. The molecule has 0 spiro atoms. The summed E-state index contributed by atoms with van der Waals surface area (Å²) in [4.78, 5) is 79.0. The molecule has 2 rings (SSSR count). The molecule has 6 N–H and O–H groups in total. The molecule has 1 heterocycles. The fraction of sp³-hybridized carbons (Fsp3) is 0.650. The highest BCUT2D eigenvalue weighted by molar-refractivity contribution is 6.20. The first-order valence-corrected chi connectivity index (χ1v) is 18.6. The van der Waals surface area contributed by atoms with Gasteiger partial charge in [-0.25, -0.2) is 4.79 Å². The van der Waals surface area contributed by atoms with Gasteiger partial charge < -0.3 is 27.0 Å². The van der Waals surface area contributed by atoms with E-state index in [-0.39, 0.29) is 55.0 Å². The molecule has 0 radical (unpaired) electrons. The summed E-state index contributed by atoms with van der Waals surface area (Å²) in [6, 6.07) is 5.08. The monoisotopic (exact) mass is 724 g/mol. The van der Waals surface area contributed by atoms with Gasteiger partial charge in [-0.2, -0.15) is 0 Å². The number of nitrogens with zero attached hydrogens (tertiary/aromatic N) is 1. The molecule has 1 unspecified atom stereocenters. The second-order valence-electron chi connectivity index (χ2n) is 17.5. The molecule has 0 aliphatic carbocycles. The van der Waals surface area contributed by atoms with Gasteiger partial charge in [0.25, 0.3) is 11.8 Å². The van der Waals surface area contributed by atoms with Crippen LogP contribution in [0, 0.1) is 22.2 Å². The number of anilines is 1. The molecule has 290 valence electrons. The summed E-state index contributed by atoms with van der Waals surface area (Å²) in [6.07, 6.45) is 3.31. The van der Waals surface area contributed by atoms with Crippen molar-refractivity contribution in [3.63, 3.8) is 0 Å². The Morgan fingerprint density at radius 2 is 1.31 bits per heavy atom. The minimum atomic E-state index is -0.933. The maximum Gasteiger partial charge on any atom is 0.312 e. The first-order chi connectivity index (χ1) is 23.9. The largest absolute Gasteiger partial charge is 0.352 e. The fourth-order valence-corrected chi connectivity index (χ4v) is 6.28. The number of benzene rings is 1. The smallest absolute Gasteiger partial charge is 0.312 e. The number of primary amides is 1. The molecule has 1 aliphatic rings. The van der Waals surface area contributed by atoms with E-state index in [9.17, 15) is 28.8 Å². The number of rotatable bonds is 17. The normalized spacial score (nSPS) is 15.1. The van der Waals surface area contributed by atoms with Gasteiger partial charge in [-0.1, -0.05) is 94.7 Å². The van der Waals surface area contributed by atoms with Gasteiger partial charge in [0.15, 0.2) is 0 Å². The molecular weight excluding hydrogens is 660 g/mol. The van der Waals surface area contributed by atoms with Crippen molar-refractivity contribution < 1.29 is 28.8 Å². The van der Waals surface area contributed by atoms with Crippen molar-refractivity contribution in [2.24, 2.45) is 27.9 Å².